The van der Waals surface area contributed by atoms with Crippen LogP contribution in [0.4, 0.5) is 15.8 Å². The molecule has 4 aromatic rings. The van der Waals surface area contributed by atoms with Crippen LogP contribution in [0.25, 0.3) is 22.5 Å². The fourth-order valence-electron chi connectivity index (χ4n) is 5.55. The van der Waals surface area contributed by atoms with Gasteiger partial charge in [0.2, 0.25) is 11.8 Å². The molecule has 2 fully saturated rings. The molecule has 0 radical (unpaired) electrons. The second kappa shape index (κ2) is 14.7. The lowest BCUT2D eigenvalue weighted by Gasteiger charge is -2.26. The maximum absolute atomic E-state index is 15.4. The molecule has 2 aliphatic heterocycles. The molecular formula is C34H35Cl2FN6O3. The van der Waals surface area contributed by atoms with Crippen molar-refractivity contribution in [2.75, 3.05) is 32.1 Å². The van der Waals surface area contributed by atoms with Gasteiger partial charge in [-0.2, -0.15) is 0 Å². The highest BCUT2D eigenvalue weighted by Crippen LogP contribution is 2.41. The molecule has 2 aliphatic rings. The monoisotopic (exact) mass is 664 g/mol. The molecule has 1 amide bonds. The Morgan fingerprint density at radius 1 is 0.957 bits per heavy atom. The van der Waals surface area contributed by atoms with E-state index in [9.17, 15) is 4.79 Å². The summed E-state index contributed by atoms with van der Waals surface area (Å²) in [6.07, 6.45) is 4.26. The van der Waals surface area contributed by atoms with E-state index in [1.54, 1.807) is 43.6 Å². The first-order valence-electron chi connectivity index (χ1n) is 15.3. The number of aromatic nitrogens is 2. The zero-order valence-corrected chi connectivity index (χ0v) is 26.8. The largest absolute Gasteiger partial charge is 0.481 e. The molecule has 0 saturated carbocycles. The van der Waals surface area contributed by atoms with E-state index < -0.39 is 0 Å². The highest BCUT2D eigenvalue weighted by molar-refractivity contribution is 6.39. The van der Waals surface area contributed by atoms with Crippen LogP contribution in [-0.4, -0.2) is 54.8 Å². The van der Waals surface area contributed by atoms with Crippen LogP contribution >= 0.6 is 23.2 Å². The molecule has 4 N–H and O–H groups in total. The third-order valence-corrected chi connectivity index (χ3v) is 8.96. The lowest BCUT2D eigenvalue weighted by atomic mass is 10.0. The van der Waals surface area contributed by atoms with E-state index in [0.717, 1.165) is 25.0 Å². The second-order valence-electron chi connectivity index (χ2n) is 11.3. The SMILES string of the molecule is COc1nc(-c2ccnc(-c3cccc(Nc4cccc(CNCC5CCO5)c4F)c3Cl)c2Cl)ccc1CNCC1CCC(=O)N1. The van der Waals surface area contributed by atoms with E-state index in [4.69, 9.17) is 37.7 Å². The van der Waals surface area contributed by atoms with Crippen LogP contribution in [0, 0.1) is 5.82 Å². The quantitative estimate of drug-likeness (QED) is 0.133. The maximum Gasteiger partial charge on any atom is 0.220 e. The highest BCUT2D eigenvalue weighted by Gasteiger charge is 2.22. The van der Waals surface area contributed by atoms with Gasteiger partial charge < -0.3 is 30.7 Å². The number of benzene rings is 2. The summed E-state index contributed by atoms with van der Waals surface area (Å²) in [5.41, 5.74) is 4.57. The third-order valence-electron chi connectivity index (χ3n) is 8.17. The van der Waals surface area contributed by atoms with Crippen LogP contribution in [-0.2, 0) is 22.6 Å². The van der Waals surface area contributed by atoms with Crippen LogP contribution in [0.3, 0.4) is 0 Å². The molecule has 2 unspecified atom stereocenters. The Kier molecular flexibility index (Phi) is 10.3. The number of amides is 1. The number of carbonyl (C=O) groups is 1. The molecule has 9 nitrogen and oxygen atoms in total. The Morgan fingerprint density at radius 2 is 1.74 bits per heavy atom. The summed E-state index contributed by atoms with van der Waals surface area (Å²) in [5, 5.41) is 13.5. The number of carbonyl (C=O) groups excluding carboxylic acids is 1. The summed E-state index contributed by atoms with van der Waals surface area (Å²) in [7, 11) is 1.57. The second-order valence-corrected chi connectivity index (χ2v) is 12.1. The summed E-state index contributed by atoms with van der Waals surface area (Å²) in [4.78, 5) is 20.7. The first kappa shape index (κ1) is 32.2. The number of hydrogen-bond donors (Lipinski definition) is 4. The van der Waals surface area contributed by atoms with Gasteiger partial charge >= 0.3 is 0 Å². The van der Waals surface area contributed by atoms with E-state index >= 15 is 4.39 Å². The van der Waals surface area contributed by atoms with Gasteiger partial charge in [-0.15, -0.1) is 0 Å². The Balaban J connectivity index is 1.19. The minimum atomic E-state index is -0.354. The van der Waals surface area contributed by atoms with Crippen LogP contribution in [0.1, 0.15) is 30.4 Å². The van der Waals surface area contributed by atoms with Crippen molar-refractivity contribution in [1.82, 2.24) is 25.9 Å². The van der Waals surface area contributed by atoms with Gasteiger partial charge in [0.15, 0.2) is 5.82 Å². The van der Waals surface area contributed by atoms with E-state index in [1.165, 1.54) is 0 Å². The van der Waals surface area contributed by atoms with Crippen molar-refractivity contribution in [2.24, 2.45) is 0 Å². The standard InChI is InChI=1S/C34H35Cl2FN6O3/c1-45-34-21(17-38-18-22-9-11-29(44)41-22)8-10-26(43-34)24-12-14-40-33(31(24)36)25-5-3-6-27(30(25)35)42-28-7-2-4-20(32(28)37)16-39-19-23-13-15-46-23/h2-8,10,12,14,22-23,38-39,42H,9,11,13,15-19H2,1H3,(H,41,44). The number of rotatable bonds is 13. The fraction of sp³-hybridized carbons (Fsp3) is 0.324. The normalized spacial score (nSPS) is 17.4. The number of hydrogen-bond acceptors (Lipinski definition) is 8. The van der Waals surface area contributed by atoms with Crippen molar-refractivity contribution in [1.29, 1.82) is 0 Å². The summed E-state index contributed by atoms with van der Waals surface area (Å²) in [6.45, 7) is 3.05. The molecule has 2 saturated heterocycles. The average molecular weight is 666 g/mol. The van der Waals surface area contributed by atoms with E-state index in [2.05, 4.69) is 26.3 Å². The molecular weight excluding hydrogens is 630 g/mol. The van der Waals surface area contributed by atoms with Crippen molar-refractivity contribution in [3.05, 3.63) is 87.8 Å². The van der Waals surface area contributed by atoms with Gasteiger partial charge in [-0.25, -0.2) is 9.37 Å². The lowest BCUT2D eigenvalue weighted by molar-refractivity contribution is -0.119. The van der Waals surface area contributed by atoms with Gasteiger partial charge in [0.25, 0.3) is 0 Å². The van der Waals surface area contributed by atoms with Crippen LogP contribution in [0.2, 0.25) is 10.0 Å². The average Bonchev–Trinajstić information content (AvgIpc) is 3.46. The number of nitrogens with zero attached hydrogens (tertiary/aromatic N) is 2. The summed E-state index contributed by atoms with van der Waals surface area (Å²) >= 11 is 13.8. The summed E-state index contributed by atoms with van der Waals surface area (Å²) < 4.78 is 26.5. The molecule has 0 bridgehead atoms. The Bertz CT molecular complexity index is 1720. The number of pyridine rings is 2. The van der Waals surface area contributed by atoms with Crippen molar-refractivity contribution < 1.29 is 18.7 Å². The predicted molar refractivity (Wildman–Crippen MR) is 178 cm³/mol. The Labute approximate surface area is 277 Å². The lowest BCUT2D eigenvalue weighted by Crippen LogP contribution is -2.37. The molecule has 6 rings (SSSR count). The van der Waals surface area contributed by atoms with E-state index in [-0.39, 0.29) is 23.9 Å². The molecule has 46 heavy (non-hydrogen) atoms. The van der Waals surface area contributed by atoms with Crippen LogP contribution < -0.4 is 26.0 Å². The minimum Gasteiger partial charge on any atom is -0.481 e. The Morgan fingerprint density at radius 3 is 2.50 bits per heavy atom. The van der Waals surface area contributed by atoms with Crippen LogP contribution in [0.15, 0.2) is 60.8 Å². The third kappa shape index (κ3) is 7.27. The van der Waals surface area contributed by atoms with Gasteiger partial charge in [0.05, 0.1) is 46.0 Å². The molecule has 4 heterocycles. The maximum atomic E-state index is 15.4. The molecule has 0 spiro atoms. The smallest absolute Gasteiger partial charge is 0.220 e. The van der Waals surface area contributed by atoms with Crippen molar-refractivity contribution in [3.8, 4) is 28.4 Å². The molecule has 240 valence electrons. The van der Waals surface area contributed by atoms with Crippen molar-refractivity contribution in [2.45, 2.75) is 44.5 Å². The topological polar surface area (TPSA) is 109 Å². The minimum absolute atomic E-state index is 0.0890. The first-order chi connectivity index (χ1) is 22.4. The molecule has 2 aromatic carbocycles. The zero-order valence-electron chi connectivity index (χ0n) is 25.3. The van der Waals surface area contributed by atoms with Crippen molar-refractivity contribution in [3.63, 3.8) is 0 Å². The summed E-state index contributed by atoms with van der Waals surface area (Å²) in [6, 6.07) is 16.4. The number of methoxy groups -OCH3 is 1. The molecule has 0 aliphatic carbocycles. The molecule has 12 heteroatoms. The highest BCUT2D eigenvalue weighted by atomic mass is 35.5. The van der Waals surface area contributed by atoms with Crippen LogP contribution in [0.5, 0.6) is 5.88 Å². The zero-order chi connectivity index (χ0) is 32.0. The van der Waals surface area contributed by atoms with Gasteiger partial charge in [-0.1, -0.05) is 53.5 Å². The molecule has 2 aromatic heterocycles. The van der Waals surface area contributed by atoms with Gasteiger partial charge in [0, 0.05) is 73.7 Å². The number of anilines is 2. The Hall–Kier alpha value is -3.80. The van der Waals surface area contributed by atoms with E-state index in [1.807, 2.05) is 24.3 Å². The number of nitrogens with one attached hydrogen (secondary N) is 4. The van der Waals surface area contributed by atoms with Gasteiger partial charge in [0.1, 0.15) is 0 Å². The fourth-order valence-corrected chi connectivity index (χ4v) is 6.13. The number of ether oxygens (including phenoxy) is 2. The molecule has 2 atom stereocenters. The van der Waals surface area contributed by atoms with Gasteiger partial charge in [-0.3, -0.25) is 9.78 Å². The van der Waals surface area contributed by atoms with E-state index in [0.29, 0.717) is 88.0 Å². The van der Waals surface area contributed by atoms with Gasteiger partial charge in [-0.05, 0) is 37.1 Å². The van der Waals surface area contributed by atoms with Crippen molar-refractivity contribution >= 4 is 40.5 Å². The predicted octanol–water partition coefficient (Wildman–Crippen LogP) is 6.26. The number of halogens is 3. The summed E-state index contributed by atoms with van der Waals surface area (Å²) in [5.74, 6) is 0.203. The first-order valence-corrected chi connectivity index (χ1v) is 16.0.